The summed E-state index contributed by atoms with van der Waals surface area (Å²) < 4.78 is 0. The van der Waals surface area contributed by atoms with Crippen molar-refractivity contribution in [1.82, 2.24) is 5.32 Å². The van der Waals surface area contributed by atoms with Crippen LogP contribution in [0.4, 0.5) is 5.69 Å². The van der Waals surface area contributed by atoms with Crippen LogP contribution in [0.25, 0.3) is 0 Å². The first-order chi connectivity index (χ1) is 10.1. The summed E-state index contributed by atoms with van der Waals surface area (Å²) in [4.78, 5) is 12.3. The number of carbonyl (C=O) groups is 1. The maximum absolute atomic E-state index is 12.3. The standard InChI is InChI=1S/C17H19ClN2O/c1-12(13-6-4-3-5-7-13)11-20-17(21)15-10-14(18)8-9-16(15)19-2/h3-10,12,19H,11H2,1-2H3,(H,20,21)/t12-/m1/s1. The van der Waals surface area contributed by atoms with Crippen molar-refractivity contribution in [3.63, 3.8) is 0 Å². The molecule has 4 heteroatoms. The van der Waals surface area contributed by atoms with Gasteiger partial charge < -0.3 is 10.6 Å². The highest BCUT2D eigenvalue weighted by atomic mass is 35.5. The van der Waals surface area contributed by atoms with Crippen molar-refractivity contribution in [2.45, 2.75) is 12.8 Å². The Morgan fingerprint density at radius 1 is 1.19 bits per heavy atom. The lowest BCUT2D eigenvalue weighted by Crippen LogP contribution is -2.28. The van der Waals surface area contributed by atoms with Gasteiger partial charge in [-0.05, 0) is 29.7 Å². The van der Waals surface area contributed by atoms with E-state index in [1.54, 1.807) is 25.2 Å². The van der Waals surface area contributed by atoms with Gasteiger partial charge in [-0.1, -0.05) is 48.9 Å². The second-order valence-corrected chi connectivity index (χ2v) is 5.40. The Kier molecular flexibility index (Phi) is 5.23. The van der Waals surface area contributed by atoms with E-state index in [0.717, 1.165) is 5.69 Å². The topological polar surface area (TPSA) is 41.1 Å². The molecule has 0 aliphatic heterocycles. The molecule has 21 heavy (non-hydrogen) atoms. The van der Waals surface area contributed by atoms with Crippen LogP contribution >= 0.6 is 11.6 Å². The van der Waals surface area contributed by atoms with Crippen molar-refractivity contribution in [2.24, 2.45) is 0 Å². The minimum Gasteiger partial charge on any atom is -0.387 e. The lowest BCUT2D eigenvalue weighted by Gasteiger charge is -2.14. The van der Waals surface area contributed by atoms with E-state index in [4.69, 9.17) is 11.6 Å². The number of benzene rings is 2. The number of hydrogen-bond donors (Lipinski definition) is 2. The molecule has 1 atom stereocenters. The summed E-state index contributed by atoms with van der Waals surface area (Å²) in [5.41, 5.74) is 2.53. The van der Waals surface area contributed by atoms with E-state index in [2.05, 4.69) is 29.7 Å². The van der Waals surface area contributed by atoms with Gasteiger partial charge in [0.25, 0.3) is 5.91 Å². The number of anilines is 1. The summed E-state index contributed by atoms with van der Waals surface area (Å²) in [5.74, 6) is 0.136. The maximum Gasteiger partial charge on any atom is 0.253 e. The zero-order chi connectivity index (χ0) is 15.2. The maximum atomic E-state index is 12.3. The molecular formula is C17H19ClN2O. The molecule has 2 aromatic rings. The third kappa shape index (κ3) is 3.99. The average Bonchev–Trinajstić information content (AvgIpc) is 2.53. The van der Waals surface area contributed by atoms with E-state index in [-0.39, 0.29) is 11.8 Å². The lowest BCUT2D eigenvalue weighted by atomic mass is 10.0. The highest BCUT2D eigenvalue weighted by Gasteiger charge is 2.13. The quantitative estimate of drug-likeness (QED) is 0.879. The molecule has 2 aromatic carbocycles. The summed E-state index contributed by atoms with van der Waals surface area (Å²) in [6.45, 7) is 2.67. The van der Waals surface area contributed by atoms with Crippen LogP contribution < -0.4 is 10.6 Å². The van der Waals surface area contributed by atoms with Crippen LogP contribution in [0.15, 0.2) is 48.5 Å². The van der Waals surface area contributed by atoms with Crippen LogP contribution in [-0.4, -0.2) is 19.5 Å². The Morgan fingerprint density at radius 3 is 2.57 bits per heavy atom. The molecule has 2 N–H and O–H groups in total. The molecule has 0 bridgehead atoms. The van der Waals surface area contributed by atoms with Crippen LogP contribution in [0.5, 0.6) is 0 Å². The molecule has 0 unspecified atom stereocenters. The number of hydrogen-bond acceptors (Lipinski definition) is 2. The van der Waals surface area contributed by atoms with Crippen molar-refractivity contribution < 1.29 is 4.79 Å². The van der Waals surface area contributed by atoms with E-state index < -0.39 is 0 Å². The number of halogens is 1. The van der Waals surface area contributed by atoms with E-state index in [9.17, 15) is 4.79 Å². The second-order valence-electron chi connectivity index (χ2n) is 4.96. The number of amides is 1. The largest absolute Gasteiger partial charge is 0.387 e. The molecule has 0 radical (unpaired) electrons. The molecule has 2 rings (SSSR count). The van der Waals surface area contributed by atoms with Crippen LogP contribution in [0.1, 0.15) is 28.8 Å². The predicted molar refractivity (Wildman–Crippen MR) is 88.2 cm³/mol. The molecule has 1 amide bonds. The fourth-order valence-electron chi connectivity index (χ4n) is 2.16. The summed E-state index contributed by atoms with van der Waals surface area (Å²) in [7, 11) is 1.78. The fraction of sp³-hybridized carbons (Fsp3) is 0.235. The van der Waals surface area contributed by atoms with Gasteiger partial charge in [0.05, 0.1) is 5.56 Å². The van der Waals surface area contributed by atoms with Crippen LogP contribution in [0, 0.1) is 0 Å². The average molecular weight is 303 g/mol. The van der Waals surface area contributed by atoms with Crippen molar-refractivity contribution in [1.29, 1.82) is 0 Å². The third-order valence-electron chi connectivity index (χ3n) is 3.43. The molecule has 0 heterocycles. The molecule has 0 aromatic heterocycles. The number of nitrogens with one attached hydrogen (secondary N) is 2. The van der Waals surface area contributed by atoms with Gasteiger partial charge in [-0.2, -0.15) is 0 Å². The van der Waals surface area contributed by atoms with Crippen molar-refractivity contribution in [3.8, 4) is 0 Å². The van der Waals surface area contributed by atoms with Crippen molar-refractivity contribution in [3.05, 3.63) is 64.7 Å². The Morgan fingerprint density at radius 2 is 1.90 bits per heavy atom. The SMILES string of the molecule is CNc1ccc(Cl)cc1C(=O)NC[C@@H](C)c1ccccc1. The lowest BCUT2D eigenvalue weighted by molar-refractivity contribution is 0.0952. The van der Waals surface area contributed by atoms with Gasteiger partial charge in [0.15, 0.2) is 0 Å². The smallest absolute Gasteiger partial charge is 0.253 e. The Hall–Kier alpha value is -2.00. The summed E-state index contributed by atoms with van der Waals surface area (Å²) >= 11 is 5.97. The number of carbonyl (C=O) groups excluding carboxylic acids is 1. The normalized spacial score (nSPS) is 11.8. The van der Waals surface area contributed by atoms with Crippen LogP contribution in [0.3, 0.4) is 0 Å². The second kappa shape index (κ2) is 7.14. The molecule has 110 valence electrons. The monoisotopic (exact) mass is 302 g/mol. The van der Waals surface area contributed by atoms with Gasteiger partial charge in [0.1, 0.15) is 0 Å². The minimum atomic E-state index is -0.121. The Balaban J connectivity index is 2.04. The molecule has 3 nitrogen and oxygen atoms in total. The Bertz CT molecular complexity index is 613. The van der Waals surface area contributed by atoms with Crippen molar-refractivity contribution in [2.75, 3.05) is 18.9 Å². The van der Waals surface area contributed by atoms with Crippen LogP contribution in [0.2, 0.25) is 5.02 Å². The van der Waals surface area contributed by atoms with E-state index in [1.807, 2.05) is 18.2 Å². The third-order valence-corrected chi connectivity index (χ3v) is 3.67. The van der Waals surface area contributed by atoms with Gasteiger partial charge >= 0.3 is 0 Å². The predicted octanol–water partition coefficient (Wildman–Crippen LogP) is 3.92. The van der Waals surface area contributed by atoms with E-state index >= 15 is 0 Å². The van der Waals surface area contributed by atoms with E-state index in [1.165, 1.54) is 5.56 Å². The zero-order valence-electron chi connectivity index (χ0n) is 12.2. The van der Waals surface area contributed by atoms with E-state index in [0.29, 0.717) is 17.1 Å². The first kappa shape index (κ1) is 15.4. The molecule has 0 spiro atoms. The van der Waals surface area contributed by atoms with Gasteiger partial charge in [-0.15, -0.1) is 0 Å². The minimum absolute atomic E-state index is 0.121. The molecule has 0 fully saturated rings. The molecular weight excluding hydrogens is 284 g/mol. The Labute approximate surface area is 130 Å². The molecule has 0 saturated heterocycles. The molecule has 0 saturated carbocycles. The summed E-state index contributed by atoms with van der Waals surface area (Å²) in [5, 5.41) is 6.52. The highest BCUT2D eigenvalue weighted by molar-refractivity contribution is 6.31. The summed E-state index contributed by atoms with van der Waals surface area (Å²) in [6, 6.07) is 15.4. The van der Waals surface area contributed by atoms with Crippen LogP contribution in [-0.2, 0) is 0 Å². The molecule has 0 aliphatic carbocycles. The van der Waals surface area contributed by atoms with Gasteiger partial charge in [0, 0.05) is 24.3 Å². The van der Waals surface area contributed by atoms with Crippen molar-refractivity contribution >= 4 is 23.2 Å². The van der Waals surface area contributed by atoms with Gasteiger partial charge in [-0.25, -0.2) is 0 Å². The first-order valence-electron chi connectivity index (χ1n) is 6.92. The van der Waals surface area contributed by atoms with Gasteiger partial charge in [0.2, 0.25) is 0 Å². The fourth-order valence-corrected chi connectivity index (χ4v) is 2.33. The molecule has 0 aliphatic rings. The zero-order valence-corrected chi connectivity index (χ0v) is 12.9. The number of rotatable bonds is 5. The first-order valence-corrected chi connectivity index (χ1v) is 7.30. The van der Waals surface area contributed by atoms with Gasteiger partial charge in [-0.3, -0.25) is 4.79 Å². The summed E-state index contributed by atoms with van der Waals surface area (Å²) in [6.07, 6.45) is 0. The highest BCUT2D eigenvalue weighted by Crippen LogP contribution is 2.20.